The average Bonchev–Trinajstić information content (AvgIpc) is 2.91. The Bertz CT molecular complexity index is 1090. The standard InChI is InChI=1S/C28H40N4O8/c1-28(2,3)40-27(36)31-12-13-32-21(16-31)25(34)29-15-23-20(30-24(33)17-37-4)10-9-18(39-23)11-14-38-22-8-6-5-7-19(22)26(32)35/h5-8,18,20-21,23H,9-17H2,1-4H3,(H,29,34)(H,30,33)/t18-,20+,21-,23+/m0/s1. The Labute approximate surface area is 234 Å². The van der Waals surface area contributed by atoms with E-state index in [-0.39, 0.29) is 56.7 Å². The second-order valence-electron chi connectivity index (χ2n) is 11.3. The van der Waals surface area contributed by atoms with Crippen LogP contribution in [0.5, 0.6) is 5.75 Å². The molecule has 40 heavy (non-hydrogen) atoms. The van der Waals surface area contributed by atoms with Crippen molar-refractivity contribution in [1.82, 2.24) is 20.4 Å². The van der Waals surface area contributed by atoms with Crippen LogP contribution in [0.1, 0.15) is 50.4 Å². The number of methoxy groups -OCH3 is 1. The molecule has 3 heterocycles. The van der Waals surface area contributed by atoms with Crippen molar-refractivity contribution in [2.45, 2.75) is 69.9 Å². The Morgan fingerprint density at radius 3 is 2.65 bits per heavy atom. The van der Waals surface area contributed by atoms with Crippen LogP contribution in [0.3, 0.4) is 0 Å². The Hall–Kier alpha value is -3.38. The van der Waals surface area contributed by atoms with E-state index in [0.29, 0.717) is 37.2 Å². The molecule has 3 aliphatic rings. The molecule has 2 N–H and O–H groups in total. The summed E-state index contributed by atoms with van der Waals surface area (Å²) >= 11 is 0. The van der Waals surface area contributed by atoms with Crippen molar-refractivity contribution in [3.63, 3.8) is 0 Å². The van der Waals surface area contributed by atoms with Gasteiger partial charge in [-0.3, -0.25) is 14.4 Å². The zero-order chi connectivity index (χ0) is 28.9. The SMILES string of the molecule is COCC(=O)N[C@@H]1CC[C@H]2CCOc3ccccc3C(=O)N3CCN(C(=O)OC(C)(C)C)C[C@H]3C(=O)NC[C@H]1O2. The van der Waals surface area contributed by atoms with Gasteiger partial charge in [-0.05, 0) is 45.7 Å². The van der Waals surface area contributed by atoms with Gasteiger partial charge in [0.15, 0.2) is 0 Å². The molecule has 220 valence electrons. The van der Waals surface area contributed by atoms with Crippen LogP contribution >= 0.6 is 0 Å². The lowest BCUT2D eigenvalue weighted by molar-refractivity contribution is -0.132. The molecule has 4 amide bonds. The summed E-state index contributed by atoms with van der Waals surface area (Å²) in [5, 5.41) is 5.87. The maximum Gasteiger partial charge on any atom is 0.410 e. The largest absolute Gasteiger partial charge is 0.493 e. The van der Waals surface area contributed by atoms with E-state index in [0.717, 1.165) is 0 Å². The first kappa shape index (κ1) is 29.6. The molecule has 2 bridgehead atoms. The maximum atomic E-state index is 13.8. The summed E-state index contributed by atoms with van der Waals surface area (Å²) in [6, 6.07) is 5.67. The van der Waals surface area contributed by atoms with Gasteiger partial charge in [0.2, 0.25) is 11.8 Å². The second kappa shape index (κ2) is 12.9. The van der Waals surface area contributed by atoms with Gasteiger partial charge in [-0.1, -0.05) is 12.1 Å². The topological polar surface area (TPSA) is 136 Å². The number of carbonyl (C=O) groups is 4. The average molecular weight is 561 g/mol. The lowest BCUT2D eigenvalue weighted by Crippen LogP contribution is -2.63. The van der Waals surface area contributed by atoms with Crippen molar-refractivity contribution in [2.24, 2.45) is 0 Å². The lowest BCUT2D eigenvalue weighted by Gasteiger charge is -2.42. The molecule has 2 fully saturated rings. The van der Waals surface area contributed by atoms with Crippen LogP contribution in [0, 0.1) is 0 Å². The third-order valence-corrected chi connectivity index (χ3v) is 7.13. The molecule has 0 spiro atoms. The minimum atomic E-state index is -0.967. The highest BCUT2D eigenvalue weighted by Gasteiger charge is 2.40. The third-order valence-electron chi connectivity index (χ3n) is 7.13. The maximum absolute atomic E-state index is 13.8. The number of carbonyl (C=O) groups excluding carboxylic acids is 4. The molecular formula is C28H40N4O8. The van der Waals surface area contributed by atoms with Crippen molar-refractivity contribution < 1.29 is 38.1 Å². The van der Waals surface area contributed by atoms with Gasteiger partial charge in [-0.25, -0.2) is 4.79 Å². The van der Waals surface area contributed by atoms with E-state index in [1.165, 1.54) is 16.9 Å². The summed E-state index contributed by atoms with van der Waals surface area (Å²) in [4.78, 5) is 55.4. The van der Waals surface area contributed by atoms with E-state index < -0.39 is 29.7 Å². The highest BCUT2D eigenvalue weighted by molar-refractivity contribution is 6.00. The van der Waals surface area contributed by atoms with Gasteiger partial charge >= 0.3 is 6.09 Å². The predicted octanol–water partition coefficient (Wildman–Crippen LogP) is 1.33. The van der Waals surface area contributed by atoms with E-state index in [1.807, 2.05) is 0 Å². The van der Waals surface area contributed by atoms with Gasteiger partial charge in [0.25, 0.3) is 5.91 Å². The van der Waals surface area contributed by atoms with E-state index in [1.54, 1.807) is 45.0 Å². The van der Waals surface area contributed by atoms with Gasteiger partial charge in [0.05, 0.1) is 37.0 Å². The monoisotopic (exact) mass is 560 g/mol. The first-order valence-corrected chi connectivity index (χ1v) is 13.8. The van der Waals surface area contributed by atoms with E-state index in [4.69, 9.17) is 18.9 Å². The summed E-state index contributed by atoms with van der Waals surface area (Å²) in [7, 11) is 1.45. The Balaban J connectivity index is 1.60. The fourth-order valence-electron chi connectivity index (χ4n) is 5.19. The number of para-hydroxylation sites is 1. The smallest absolute Gasteiger partial charge is 0.410 e. The molecular weight excluding hydrogens is 520 g/mol. The van der Waals surface area contributed by atoms with Crippen molar-refractivity contribution in [1.29, 1.82) is 0 Å². The number of hydrogen-bond donors (Lipinski definition) is 2. The number of fused-ring (bicyclic) bond motifs is 4. The summed E-state index contributed by atoms with van der Waals surface area (Å²) in [5.74, 6) is -0.616. The molecule has 1 aromatic carbocycles. The summed E-state index contributed by atoms with van der Waals surface area (Å²) < 4.78 is 22.8. The number of benzene rings is 1. The minimum Gasteiger partial charge on any atom is -0.493 e. The molecule has 1 aromatic rings. The van der Waals surface area contributed by atoms with Crippen molar-refractivity contribution in [2.75, 3.05) is 46.5 Å². The van der Waals surface area contributed by atoms with E-state index >= 15 is 0 Å². The Morgan fingerprint density at radius 1 is 1.12 bits per heavy atom. The van der Waals surface area contributed by atoms with Gasteiger partial charge in [-0.2, -0.15) is 0 Å². The zero-order valence-corrected chi connectivity index (χ0v) is 23.6. The van der Waals surface area contributed by atoms with Crippen molar-refractivity contribution in [3.8, 4) is 5.75 Å². The molecule has 0 saturated carbocycles. The van der Waals surface area contributed by atoms with Crippen molar-refractivity contribution in [3.05, 3.63) is 29.8 Å². The van der Waals surface area contributed by atoms with Gasteiger partial charge < -0.3 is 39.4 Å². The van der Waals surface area contributed by atoms with Crippen LogP contribution in [0.2, 0.25) is 0 Å². The minimum absolute atomic E-state index is 0.0301. The number of hydrogen-bond acceptors (Lipinski definition) is 8. The molecule has 12 nitrogen and oxygen atoms in total. The molecule has 2 saturated heterocycles. The fourth-order valence-corrected chi connectivity index (χ4v) is 5.19. The van der Waals surface area contributed by atoms with Gasteiger partial charge in [0.1, 0.15) is 24.0 Å². The van der Waals surface area contributed by atoms with Crippen LogP contribution < -0.4 is 15.4 Å². The molecule has 0 aromatic heterocycles. The molecule has 12 heteroatoms. The number of ether oxygens (including phenoxy) is 4. The number of amides is 4. The van der Waals surface area contributed by atoms with Crippen molar-refractivity contribution >= 4 is 23.8 Å². The molecule has 4 atom stereocenters. The van der Waals surface area contributed by atoms with Crippen LogP contribution in [-0.2, 0) is 23.8 Å². The van der Waals surface area contributed by atoms with Crippen LogP contribution in [0.4, 0.5) is 4.79 Å². The van der Waals surface area contributed by atoms with E-state index in [2.05, 4.69) is 10.6 Å². The molecule has 4 rings (SSSR count). The van der Waals surface area contributed by atoms with Crippen LogP contribution in [0.15, 0.2) is 24.3 Å². The number of nitrogens with zero attached hydrogens (tertiary/aromatic N) is 2. The molecule has 0 radical (unpaired) electrons. The fraction of sp³-hybridized carbons (Fsp3) is 0.643. The van der Waals surface area contributed by atoms with Crippen LogP contribution in [0.25, 0.3) is 0 Å². The Morgan fingerprint density at radius 2 is 1.90 bits per heavy atom. The molecule has 0 aliphatic carbocycles. The highest BCUT2D eigenvalue weighted by atomic mass is 16.6. The highest BCUT2D eigenvalue weighted by Crippen LogP contribution is 2.26. The number of nitrogens with one attached hydrogen (secondary N) is 2. The van der Waals surface area contributed by atoms with Gasteiger partial charge in [0, 0.05) is 33.2 Å². The lowest BCUT2D eigenvalue weighted by atomic mass is 9.96. The summed E-state index contributed by atoms with van der Waals surface area (Å²) in [6.07, 6.45) is 0.772. The Kier molecular flexibility index (Phi) is 9.52. The molecule has 0 unspecified atom stereocenters. The zero-order valence-electron chi connectivity index (χ0n) is 23.6. The van der Waals surface area contributed by atoms with E-state index in [9.17, 15) is 19.2 Å². The normalized spacial score (nSPS) is 25.9. The predicted molar refractivity (Wildman–Crippen MR) is 144 cm³/mol. The quantitative estimate of drug-likeness (QED) is 0.565. The number of piperazine rings is 1. The molecule has 3 aliphatic heterocycles. The summed E-state index contributed by atoms with van der Waals surface area (Å²) in [6.45, 7) is 6.03. The van der Waals surface area contributed by atoms with Gasteiger partial charge in [-0.15, -0.1) is 0 Å². The second-order valence-corrected chi connectivity index (χ2v) is 11.3. The van der Waals surface area contributed by atoms with Crippen LogP contribution in [-0.4, -0.2) is 110 Å². The number of rotatable bonds is 3. The first-order chi connectivity index (χ1) is 19.1. The first-order valence-electron chi connectivity index (χ1n) is 13.8. The third kappa shape index (κ3) is 7.42. The summed E-state index contributed by atoms with van der Waals surface area (Å²) in [5.41, 5.74) is -0.352.